The Labute approximate surface area is 120 Å². The van der Waals surface area contributed by atoms with Crippen LogP contribution in [0.3, 0.4) is 0 Å². The van der Waals surface area contributed by atoms with Gasteiger partial charge in [-0.05, 0) is 42.4 Å². The van der Waals surface area contributed by atoms with Crippen molar-refractivity contribution in [1.82, 2.24) is 0 Å². The molecule has 0 saturated heterocycles. The van der Waals surface area contributed by atoms with E-state index >= 15 is 0 Å². The summed E-state index contributed by atoms with van der Waals surface area (Å²) in [5.74, 6) is -0.129. The van der Waals surface area contributed by atoms with Crippen molar-refractivity contribution in [3.05, 3.63) is 34.9 Å². The normalized spacial score (nSPS) is 15.9. The van der Waals surface area contributed by atoms with Gasteiger partial charge in [0.1, 0.15) is 9.84 Å². The minimum Gasteiger partial charge on any atom is -0.321 e. The minimum atomic E-state index is -3.07. The molecule has 1 aliphatic rings. The highest BCUT2D eigenvalue weighted by Gasteiger charge is 2.17. The number of hydrogen-bond donors (Lipinski definition) is 1. The molecule has 0 heterocycles. The largest absolute Gasteiger partial charge is 0.321 e. The summed E-state index contributed by atoms with van der Waals surface area (Å²) in [5, 5.41) is 0. The molecule has 4 nitrogen and oxygen atoms in total. The van der Waals surface area contributed by atoms with Crippen LogP contribution < -0.4 is 5.73 Å². The van der Waals surface area contributed by atoms with Crippen molar-refractivity contribution in [2.45, 2.75) is 38.1 Å². The highest BCUT2D eigenvalue weighted by Crippen LogP contribution is 2.23. The van der Waals surface area contributed by atoms with Crippen molar-refractivity contribution in [1.29, 1.82) is 0 Å². The predicted molar refractivity (Wildman–Crippen MR) is 79.5 cm³/mol. The van der Waals surface area contributed by atoms with E-state index in [0.29, 0.717) is 0 Å². The summed E-state index contributed by atoms with van der Waals surface area (Å²) in [5.41, 5.74) is 9.46. The Morgan fingerprint density at radius 3 is 2.70 bits per heavy atom. The molecule has 1 aromatic carbocycles. The molecule has 0 bridgehead atoms. The molecule has 2 rings (SSSR count). The van der Waals surface area contributed by atoms with Crippen molar-refractivity contribution < 1.29 is 13.2 Å². The Kier molecular flexibility index (Phi) is 4.60. The molecule has 0 amide bonds. The number of fused-ring (bicyclic) bond motifs is 1. The van der Waals surface area contributed by atoms with Gasteiger partial charge in [-0.15, -0.1) is 0 Å². The first kappa shape index (κ1) is 15.2. The molecule has 0 aromatic heterocycles. The van der Waals surface area contributed by atoms with Gasteiger partial charge in [0.25, 0.3) is 0 Å². The number of nitrogens with two attached hydrogens (primary N) is 1. The number of carbonyl (C=O) groups is 1. The second kappa shape index (κ2) is 6.06. The summed E-state index contributed by atoms with van der Waals surface area (Å²) in [7, 11) is -3.07. The number of hydrogen-bond acceptors (Lipinski definition) is 4. The van der Waals surface area contributed by atoms with Gasteiger partial charge < -0.3 is 5.73 Å². The van der Waals surface area contributed by atoms with E-state index in [1.165, 1.54) is 17.5 Å². The Morgan fingerprint density at radius 2 is 2.00 bits per heavy atom. The summed E-state index contributed by atoms with van der Waals surface area (Å²) in [6.07, 6.45) is 5.03. The zero-order chi connectivity index (χ0) is 14.8. The molecule has 0 saturated carbocycles. The van der Waals surface area contributed by atoms with E-state index in [0.717, 1.165) is 24.7 Å². The standard InChI is InChI=1S/C15H21NO3S/c1-20(18,19)8-7-14(16)15(17)10-11-5-6-12-3-2-4-13(12)9-11/h5-6,9,14H,2-4,7-8,10,16H2,1H3. The van der Waals surface area contributed by atoms with E-state index in [9.17, 15) is 13.2 Å². The average Bonchev–Trinajstić information content (AvgIpc) is 2.82. The summed E-state index contributed by atoms with van der Waals surface area (Å²) < 4.78 is 22.2. The summed E-state index contributed by atoms with van der Waals surface area (Å²) in [6.45, 7) is 0. The van der Waals surface area contributed by atoms with Crippen LogP contribution in [0.2, 0.25) is 0 Å². The Hall–Kier alpha value is -1.20. The van der Waals surface area contributed by atoms with Crippen LogP contribution in [0.4, 0.5) is 0 Å². The van der Waals surface area contributed by atoms with Crippen LogP contribution in [0.5, 0.6) is 0 Å². The third kappa shape index (κ3) is 4.15. The minimum absolute atomic E-state index is 0.0376. The van der Waals surface area contributed by atoms with Gasteiger partial charge >= 0.3 is 0 Å². The van der Waals surface area contributed by atoms with Crippen LogP contribution in [0.15, 0.2) is 18.2 Å². The molecular formula is C15H21NO3S. The summed E-state index contributed by atoms with van der Waals surface area (Å²) >= 11 is 0. The number of carbonyl (C=O) groups excluding carboxylic acids is 1. The molecular weight excluding hydrogens is 274 g/mol. The van der Waals surface area contributed by atoms with Crippen LogP contribution in [0.25, 0.3) is 0 Å². The van der Waals surface area contributed by atoms with Crippen molar-refractivity contribution in [3.8, 4) is 0 Å². The molecule has 1 aliphatic carbocycles. The molecule has 0 radical (unpaired) electrons. The van der Waals surface area contributed by atoms with Gasteiger partial charge in [-0.2, -0.15) is 0 Å². The van der Waals surface area contributed by atoms with Crippen LogP contribution in [-0.4, -0.2) is 32.3 Å². The molecule has 0 fully saturated rings. The second-order valence-corrected chi connectivity index (χ2v) is 7.88. The van der Waals surface area contributed by atoms with Gasteiger partial charge in [0.2, 0.25) is 0 Å². The van der Waals surface area contributed by atoms with Crippen molar-refractivity contribution in [2.24, 2.45) is 5.73 Å². The summed E-state index contributed by atoms with van der Waals surface area (Å²) in [6, 6.07) is 5.46. The number of Topliss-reactive ketones (excluding diaryl/α,β-unsaturated/α-hetero) is 1. The molecule has 1 aromatic rings. The van der Waals surface area contributed by atoms with E-state index in [4.69, 9.17) is 5.73 Å². The van der Waals surface area contributed by atoms with Gasteiger partial charge in [-0.25, -0.2) is 8.42 Å². The molecule has 0 spiro atoms. The Bertz CT molecular complexity index is 608. The van der Waals surface area contributed by atoms with Gasteiger partial charge in [-0.1, -0.05) is 18.2 Å². The first-order valence-corrected chi connectivity index (χ1v) is 8.98. The molecule has 2 N–H and O–H groups in total. The fourth-order valence-electron chi connectivity index (χ4n) is 2.57. The number of ketones is 1. The van der Waals surface area contributed by atoms with Gasteiger partial charge in [0, 0.05) is 12.7 Å². The third-order valence-corrected chi connectivity index (χ3v) is 4.73. The smallest absolute Gasteiger partial charge is 0.153 e. The molecule has 110 valence electrons. The lowest BCUT2D eigenvalue weighted by Gasteiger charge is -2.10. The monoisotopic (exact) mass is 295 g/mol. The Balaban J connectivity index is 1.94. The predicted octanol–water partition coefficient (Wildman–Crippen LogP) is 1.05. The molecule has 20 heavy (non-hydrogen) atoms. The first-order valence-electron chi connectivity index (χ1n) is 6.92. The van der Waals surface area contributed by atoms with Gasteiger partial charge in [-0.3, -0.25) is 4.79 Å². The summed E-state index contributed by atoms with van der Waals surface area (Å²) in [4.78, 5) is 12.0. The van der Waals surface area contributed by atoms with Crippen LogP contribution >= 0.6 is 0 Å². The highest BCUT2D eigenvalue weighted by atomic mass is 32.2. The van der Waals surface area contributed by atoms with Crippen LogP contribution in [0, 0.1) is 0 Å². The number of aryl methyl sites for hydroxylation is 2. The molecule has 1 unspecified atom stereocenters. The van der Waals surface area contributed by atoms with E-state index in [1.807, 2.05) is 6.07 Å². The van der Waals surface area contributed by atoms with Crippen molar-refractivity contribution in [2.75, 3.05) is 12.0 Å². The number of sulfone groups is 1. The lowest BCUT2D eigenvalue weighted by Crippen LogP contribution is -2.33. The fraction of sp³-hybridized carbons (Fsp3) is 0.533. The van der Waals surface area contributed by atoms with E-state index in [1.54, 1.807) is 0 Å². The molecule has 1 atom stereocenters. The SMILES string of the molecule is CS(=O)(=O)CCC(N)C(=O)Cc1ccc2c(c1)CCC2. The second-order valence-electron chi connectivity index (χ2n) is 5.62. The highest BCUT2D eigenvalue weighted by molar-refractivity contribution is 7.90. The lowest BCUT2D eigenvalue weighted by molar-refractivity contribution is -0.119. The lowest BCUT2D eigenvalue weighted by atomic mass is 9.99. The molecule has 0 aliphatic heterocycles. The number of rotatable bonds is 6. The average molecular weight is 295 g/mol. The first-order chi connectivity index (χ1) is 9.35. The Morgan fingerprint density at radius 1 is 1.30 bits per heavy atom. The fourth-order valence-corrected chi connectivity index (χ4v) is 3.25. The van der Waals surface area contributed by atoms with E-state index in [-0.39, 0.29) is 24.4 Å². The molecule has 5 heteroatoms. The zero-order valence-corrected chi connectivity index (χ0v) is 12.6. The van der Waals surface area contributed by atoms with E-state index in [2.05, 4.69) is 12.1 Å². The maximum atomic E-state index is 12.0. The number of benzene rings is 1. The zero-order valence-electron chi connectivity index (χ0n) is 11.8. The van der Waals surface area contributed by atoms with Gasteiger partial charge in [0.15, 0.2) is 5.78 Å². The third-order valence-electron chi connectivity index (χ3n) is 3.75. The maximum absolute atomic E-state index is 12.0. The van der Waals surface area contributed by atoms with Crippen molar-refractivity contribution in [3.63, 3.8) is 0 Å². The van der Waals surface area contributed by atoms with E-state index < -0.39 is 15.9 Å². The van der Waals surface area contributed by atoms with Crippen LogP contribution in [0.1, 0.15) is 29.5 Å². The topological polar surface area (TPSA) is 77.2 Å². The van der Waals surface area contributed by atoms with Crippen molar-refractivity contribution >= 4 is 15.6 Å². The maximum Gasteiger partial charge on any atom is 0.153 e. The quantitative estimate of drug-likeness (QED) is 0.851. The van der Waals surface area contributed by atoms with Gasteiger partial charge in [0.05, 0.1) is 11.8 Å². The van der Waals surface area contributed by atoms with Crippen LogP contribution in [-0.2, 0) is 33.9 Å².